The number of ketones is 1. The molecule has 0 spiro atoms. The Morgan fingerprint density at radius 2 is 1.86 bits per heavy atom. The standard InChI is InChI=1S/C28H29N3O6/c1-2-14-35-21-7-4-19(5-8-21)25-24(26(32)20-6-9-22-23(17-20)37-16-15-36-22)27(33)28(34)31(25)12-3-11-30-13-10-29-18-30/h4-10,13,17-18,25,32H,2-3,11-12,14-16H2,1H3/b26-24+. The van der Waals surface area contributed by atoms with E-state index < -0.39 is 17.7 Å². The SMILES string of the molecule is CCCOc1ccc(C2/C(=C(\O)c3ccc4c(c3)OCCO4)C(=O)C(=O)N2CCCn2ccnc2)cc1. The van der Waals surface area contributed by atoms with Crippen LogP contribution in [-0.2, 0) is 16.1 Å². The van der Waals surface area contributed by atoms with E-state index in [1.165, 1.54) is 4.90 Å². The molecule has 3 heterocycles. The Morgan fingerprint density at radius 1 is 1.08 bits per heavy atom. The predicted molar refractivity (Wildman–Crippen MR) is 136 cm³/mol. The van der Waals surface area contributed by atoms with Crippen LogP contribution in [0.4, 0.5) is 0 Å². The van der Waals surface area contributed by atoms with Crippen LogP contribution >= 0.6 is 0 Å². The molecule has 2 aliphatic rings. The Labute approximate surface area is 214 Å². The Balaban J connectivity index is 1.50. The molecule has 0 aliphatic carbocycles. The molecule has 1 aromatic heterocycles. The van der Waals surface area contributed by atoms with Crippen LogP contribution < -0.4 is 14.2 Å². The van der Waals surface area contributed by atoms with Gasteiger partial charge in [-0.1, -0.05) is 19.1 Å². The Morgan fingerprint density at radius 3 is 2.59 bits per heavy atom. The summed E-state index contributed by atoms with van der Waals surface area (Å²) in [6, 6.07) is 11.6. The summed E-state index contributed by atoms with van der Waals surface area (Å²) in [4.78, 5) is 32.1. The smallest absolute Gasteiger partial charge is 0.295 e. The number of rotatable bonds is 9. The number of imidazole rings is 1. The van der Waals surface area contributed by atoms with E-state index in [1.807, 2.05) is 42.0 Å². The quantitative estimate of drug-likeness (QED) is 0.268. The van der Waals surface area contributed by atoms with Crippen molar-refractivity contribution in [3.63, 3.8) is 0 Å². The van der Waals surface area contributed by atoms with Crippen molar-refractivity contribution in [1.82, 2.24) is 14.5 Å². The average molecular weight is 504 g/mol. The van der Waals surface area contributed by atoms with Crippen LogP contribution in [0.1, 0.15) is 36.9 Å². The first-order valence-corrected chi connectivity index (χ1v) is 12.4. The van der Waals surface area contributed by atoms with Crippen molar-refractivity contribution < 1.29 is 28.9 Å². The molecule has 3 aromatic rings. The number of hydrogen-bond donors (Lipinski definition) is 1. The summed E-state index contributed by atoms with van der Waals surface area (Å²) >= 11 is 0. The van der Waals surface area contributed by atoms with Gasteiger partial charge < -0.3 is 28.8 Å². The van der Waals surface area contributed by atoms with Gasteiger partial charge in [0.05, 0.1) is 24.5 Å². The minimum Gasteiger partial charge on any atom is -0.507 e. The van der Waals surface area contributed by atoms with Crippen LogP contribution in [-0.4, -0.2) is 57.6 Å². The highest BCUT2D eigenvalue weighted by Crippen LogP contribution is 2.41. The van der Waals surface area contributed by atoms with Crippen molar-refractivity contribution in [2.75, 3.05) is 26.4 Å². The fraction of sp³-hybridized carbons (Fsp3) is 0.321. The number of Topliss-reactive ketones (excluding diaryl/α,β-unsaturated/α-hetero) is 1. The number of benzene rings is 2. The van der Waals surface area contributed by atoms with Crippen molar-refractivity contribution in [3.8, 4) is 17.2 Å². The average Bonchev–Trinajstić information content (AvgIpc) is 3.54. The van der Waals surface area contributed by atoms with Crippen LogP contribution in [0.3, 0.4) is 0 Å². The van der Waals surface area contributed by atoms with Crippen LogP contribution in [0.25, 0.3) is 5.76 Å². The summed E-state index contributed by atoms with van der Waals surface area (Å²) in [6.07, 6.45) is 6.75. The number of aryl methyl sites for hydroxylation is 1. The van der Waals surface area contributed by atoms with E-state index in [4.69, 9.17) is 14.2 Å². The number of aliphatic hydroxyl groups excluding tert-OH is 1. The van der Waals surface area contributed by atoms with Gasteiger partial charge in [-0.3, -0.25) is 9.59 Å². The third-order valence-corrected chi connectivity index (χ3v) is 6.40. The molecule has 9 nitrogen and oxygen atoms in total. The van der Waals surface area contributed by atoms with Gasteiger partial charge in [0.15, 0.2) is 11.5 Å². The summed E-state index contributed by atoms with van der Waals surface area (Å²) in [6.45, 7) is 4.44. The van der Waals surface area contributed by atoms with E-state index in [0.717, 1.165) is 6.42 Å². The highest BCUT2D eigenvalue weighted by molar-refractivity contribution is 6.46. The van der Waals surface area contributed by atoms with E-state index in [-0.39, 0.29) is 11.3 Å². The van der Waals surface area contributed by atoms with Crippen LogP contribution in [0.2, 0.25) is 0 Å². The summed E-state index contributed by atoms with van der Waals surface area (Å²) in [5.41, 5.74) is 1.14. The van der Waals surface area contributed by atoms with E-state index in [2.05, 4.69) is 4.98 Å². The van der Waals surface area contributed by atoms with E-state index in [0.29, 0.717) is 67.7 Å². The second-order valence-corrected chi connectivity index (χ2v) is 8.92. The number of carbonyl (C=O) groups excluding carboxylic acids is 2. The lowest BCUT2D eigenvalue weighted by molar-refractivity contribution is -0.139. The number of aliphatic hydroxyl groups is 1. The van der Waals surface area contributed by atoms with Crippen molar-refractivity contribution in [2.24, 2.45) is 0 Å². The molecule has 37 heavy (non-hydrogen) atoms. The lowest BCUT2D eigenvalue weighted by atomic mass is 9.95. The third kappa shape index (κ3) is 5.02. The summed E-state index contributed by atoms with van der Waals surface area (Å²) in [5.74, 6) is 0.159. The van der Waals surface area contributed by atoms with Gasteiger partial charge in [0.1, 0.15) is 24.7 Å². The third-order valence-electron chi connectivity index (χ3n) is 6.40. The summed E-state index contributed by atoms with van der Waals surface area (Å²) in [5, 5.41) is 11.4. The molecule has 192 valence electrons. The molecule has 1 fully saturated rings. The molecular formula is C28H29N3O6. The van der Waals surface area contributed by atoms with Crippen LogP contribution in [0.5, 0.6) is 17.2 Å². The van der Waals surface area contributed by atoms with Crippen LogP contribution in [0, 0.1) is 0 Å². The molecule has 9 heteroatoms. The van der Waals surface area contributed by atoms with Crippen molar-refractivity contribution >= 4 is 17.4 Å². The summed E-state index contributed by atoms with van der Waals surface area (Å²) in [7, 11) is 0. The van der Waals surface area contributed by atoms with Crippen LogP contribution in [0.15, 0.2) is 66.8 Å². The highest BCUT2D eigenvalue weighted by Gasteiger charge is 2.45. The second kappa shape index (κ2) is 10.8. The molecule has 1 unspecified atom stereocenters. The predicted octanol–water partition coefficient (Wildman–Crippen LogP) is 3.96. The zero-order chi connectivity index (χ0) is 25.8. The van der Waals surface area contributed by atoms with Gasteiger partial charge in [-0.25, -0.2) is 4.98 Å². The van der Waals surface area contributed by atoms with Gasteiger partial charge >= 0.3 is 0 Å². The first-order chi connectivity index (χ1) is 18.1. The molecule has 0 saturated carbocycles. The minimum absolute atomic E-state index is 0.0477. The molecule has 0 radical (unpaired) electrons. The van der Waals surface area contributed by atoms with Gasteiger partial charge in [0.25, 0.3) is 11.7 Å². The molecule has 0 bridgehead atoms. The number of hydrogen-bond acceptors (Lipinski definition) is 7. The topological polar surface area (TPSA) is 103 Å². The summed E-state index contributed by atoms with van der Waals surface area (Å²) < 4.78 is 18.8. The Bertz CT molecular complexity index is 1300. The lowest BCUT2D eigenvalue weighted by Crippen LogP contribution is -2.31. The van der Waals surface area contributed by atoms with Crippen molar-refractivity contribution in [1.29, 1.82) is 0 Å². The second-order valence-electron chi connectivity index (χ2n) is 8.92. The maximum Gasteiger partial charge on any atom is 0.295 e. The number of ether oxygens (including phenoxy) is 3. The van der Waals surface area contributed by atoms with Gasteiger partial charge in [-0.15, -0.1) is 0 Å². The normalized spacial score (nSPS) is 18.3. The Hall–Kier alpha value is -4.27. The zero-order valence-corrected chi connectivity index (χ0v) is 20.6. The molecule has 1 amide bonds. The van der Waals surface area contributed by atoms with Gasteiger partial charge in [0, 0.05) is 31.0 Å². The fourth-order valence-electron chi connectivity index (χ4n) is 4.61. The largest absolute Gasteiger partial charge is 0.507 e. The Kier molecular flexibility index (Phi) is 7.11. The number of aromatic nitrogens is 2. The van der Waals surface area contributed by atoms with Gasteiger partial charge in [0.2, 0.25) is 0 Å². The molecule has 2 aromatic carbocycles. The molecule has 2 aliphatic heterocycles. The van der Waals surface area contributed by atoms with Crippen molar-refractivity contribution in [2.45, 2.75) is 32.4 Å². The number of likely N-dealkylation sites (tertiary alicyclic amines) is 1. The molecule has 1 N–H and O–H groups in total. The first kappa shape index (κ1) is 24.4. The van der Waals surface area contributed by atoms with Crippen molar-refractivity contribution in [3.05, 3.63) is 77.9 Å². The van der Waals surface area contributed by atoms with E-state index in [9.17, 15) is 14.7 Å². The molecule has 1 saturated heterocycles. The fourth-order valence-corrected chi connectivity index (χ4v) is 4.61. The number of nitrogens with zero attached hydrogens (tertiary/aromatic N) is 3. The monoisotopic (exact) mass is 503 g/mol. The zero-order valence-electron chi connectivity index (χ0n) is 20.6. The van der Waals surface area contributed by atoms with E-state index in [1.54, 1.807) is 30.7 Å². The first-order valence-electron chi connectivity index (χ1n) is 12.4. The minimum atomic E-state index is -0.740. The molecule has 5 rings (SSSR count). The number of fused-ring (bicyclic) bond motifs is 1. The molecule has 1 atom stereocenters. The maximum absolute atomic E-state index is 13.3. The van der Waals surface area contributed by atoms with E-state index >= 15 is 0 Å². The van der Waals surface area contributed by atoms with Gasteiger partial charge in [-0.05, 0) is 48.7 Å². The highest BCUT2D eigenvalue weighted by atomic mass is 16.6. The molecular weight excluding hydrogens is 474 g/mol. The maximum atomic E-state index is 13.3. The van der Waals surface area contributed by atoms with Gasteiger partial charge in [-0.2, -0.15) is 0 Å². The lowest BCUT2D eigenvalue weighted by Gasteiger charge is -2.26. The number of carbonyl (C=O) groups is 2. The number of amides is 1.